The van der Waals surface area contributed by atoms with Gasteiger partial charge in [-0.2, -0.15) is 0 Å². The summed E-state index contributed by atoms with van der Waals surface area (Å²) in [5.41, 5.74) is 2.85. The Hall–Kier alpha value is -2.02. The van der Waals surface area contributed by atoms with E-state index in [0.717, 1.165) is 16.8 Å². The van der Waals surface area contributed by atoms with Crippen LogP contribution in [0.15, 0.2) is 18.2 Å². The lowest BCUT2D eigenvalue weighted by molar-refractivity contribution is -0.146. The van der Waals surface area contributed by atoms with Gasteiger partial charge in [0.25, 0.3) is 0 Å². The first-order chi connectivity index (χ1) is 11.4. The number of ether oxygens (including phenoxy) is 1. The van der Waals surface area contributed by atoms with Gasteiger partial charge in [0, 0.05) is 17.9 Å². The standard InChI is InChI=1S/C17H22N2O4S/c1-4-23-17(22)13-9-24-14(16(21)19-13)8-15(20)18-12-6-5-10(2)7-11(12)3/h5-7,13-14H,4,8-9H2,1-3H3,(H,18,20)(H,19,21)/t13-,14-/m1/s1. The van der Waals surface area contributed by atoms with Crippen molar-refractivity contribution in [3.63, 3.8) is 0 Å². The fourth-order valence-corrected chi connectivity index (χ4v) is 3.57. The quantitative estimate of drug-likeness (QED) is 0.791. The topological polar surface area (TPSA) is 84.5 Å². The maximum atomic E-state index is 12.2. The van der Waals surface area contributed by atoms with Crippen molar-refractivity contribution in [2.75, 3.05) is 17.7 Å². The summed E-state index contributed by atoms with van der Waals surface area (Å²) in [4.78, 5) is 35.9. The molecule has 1 fully saturated rings. The Balaban J connectivity index is 1.89. The smallest absolute Gasteiger partial charge is 0.329 e. The van der Waals surface area contributed by atoms with E-state index in [2.05, 4.69) is 10.6 Å². The number of hydrogen-bond acceptors (Lipinski definition) is 5. The van der Waals surface area contributed by atoms with Crippen molar-refractivity contribution in [2.45, 2.75) is 38.5 Å². The summed E-state index contributed by atoms with van der Waals surface area (Å²) in [6, 6.07) is 5.13. The fraction of sp³-hybridized carbons (Fsp3) is 0.471. The van der Waals surface area contributed by atoms with E-state index in [4.69, 9.17) is 4.74 Å². The van der Waals surface area contributed by atoms with Gasteiger partial charge < -0.3 is 15.4 Å². The Morgan fingerprint density at radius 3 is 2.75 bits per heavy atom. The van der Waals surface area contributed by atoms with Crippen LogP contribution in [0, 0.1) is 13.8 Å². The van der Waals surface area contributed by atoms with Crippen LogP contribution in [-0.2, 0) is 19.1 Å². The van der Waals surface area contributed by atoms with Crippen LogP contribution in [0.1, 0.15) is 24.5 Å². The van der Waals surface area contributed by atoms with Crippen molar-refractivity contribution in [3.8, 4) is 0 Å². The average Bonchev–Trinajstić information content (AvgIpc) is 2.52. The number of hydrogen-bond donors (Lipinski definition) is 2. The minimum Gasteiger partial charge on any atom is -0.464 e. The maximum absolute atomic E-state index is 12.2. The molecular formula is C17H22N2O4S. The lowest BCUT2D eigenvalue weighted by Gasteiger charge is -2.27. The van der Waals surface area contributed by atoms with Crippen molar-refractivity contribution < 1.29 is 19.1 Å². The predicted molar refractivity (Wildman–Crippen MR) is 94.0 cm³/mol. The third-order valence-electron chi connectivity index (χ3n) is 3.67. The number of thioether (sulfide) groups is 1. The zero-order chi connectivity index (χ0) is 17.7. The third-order valence-corrected chi connectivity index (χ3v) is 4.98. The van der Waals surface area contributed by atoms with Gasteiger partial charge in [-0.25, -0.2) is 4.79 Å². The van der Waals surface area contributed by atoms with Gasteiger partial charge in [-0.05, 0) is 32.4 Å². The van der Waals surface area contributed by atoms with Crippen molar-refractivity contribution in [1.82, 2.24) is 5.32 Å². The molecule has 1 aliphatic heterocycles. The van der Waals surface area contributed by atoms with Crippen LogP contribution in [0.25, 0.3) is 0 Å². The van der Waals surface area contributed by atoms with Gasteiger partial charge in [0.1, 0.15) is 6.04 Å². The van der Waals surface area contributed by atoms with Gasteiger partial charge in [0.05, 0.1) is 11.9 Å². The molecule has 2 rings (SSSR count). The SMILES string of the molecule is CCOC(=O)[C@H]1CS[C@H](CC(=O)Nc2ccc(C)cc2C)C(=O)N1. The maximum Gasteiger partial charge on any atom is 0.329 e. The monoisotopic (exact) mass is 350 g/mol. The van der Waals surface area contributed by atoms with E-state index in [1.54, 1.807) is 6.92 Å². The van der Waals surface area contributed by atoms with Gasteiger partial charge >= 0.3 is 5.97 Å². The molecule has 6 nitrogen and oxygen atoms in total. The van der Waals surface area contributed by atoms with Crippen LogP contribution < -0.4 is 10.6 Å². The molecule has 2 N–H and O–H groups in total. The van der Waals surface area contributed by atoms with E-state index >= 15 is 0 Å². The summed E-state index contributed by atoms with van der Waals surface area (Å²) >= 11 is 1.31. The highest BCUT2D eigenvalue weighted by Crippen LogP contribution is 2.23. The summed E-state index contributed by atoms with van der Waals surface area (Å²) in [6.45, 7) is 5.91. The number of anilines is 1. The minimum atomic E-state index is -0.638. The normalized spacial score (nSPS) is 20.2. The highest BCUT2D eigenvalue weighted by molar-refractivity contribution is 8.00. The number of esters is 1. The molecule has 130 valence electrons. The van der Waals surface area contributed by atoms with E-state index in [1.807, 2.05) is 32.0 Å². The molecule has 24 heavy (non-hydrogen) atoms. The van der Waals surface area contributed by atoms with Crippen LogP contribution in [0.5, 0.6) is 0 Å². The number of rotatable bonds is 5. The zero-order valence-electron chi connectivity index (χ0n) is 14.0. The second kappa shape index (κ2) is 8.19. The summed E-state index contributed by atoms with van der Waals surface area (Å²) in [5.74, 6) is -0.549. The Kier molecular flexibility index (Phi) is 6.25. The molecule has 0 radical (unpaired) electrons. The first-order valence-corrected chi connectivity index (χ1v) is 8.91. The molecule has 2 amide bonds. The summed E-state index contributed by atoms with van der Waals surface area (Å²) < 4.78 is 4.90. The largest absolute Gasteiger partial charge is 0.464 e. The minimum absolute atomic E-state index is 0.0688. The molecule has 1 aliphatic rings. The Morgan fingerprint density at radius 2 is 2.12 bits per heavy atom. The molecule has 1 heterocycles. The van der Waals surface area contributed by atoms with Crippen LogP contribution >= 0.6 is 11.8 Å². The Bertz CT molecular complexity index is 647. The van der Waals surface area contributed by atoms with Crippen molar-refractivity contribution in [3.05, 3.63) is 29.3 Å². The van der Waals surface area contributed by atoms with Crippen molar-refractivity contribution in [2.24, 2.45) is 0 Å². The summed E-state index contributed by atoms with van der Waals surface area (Å²) in [6.07, 6.45) is 0.0688. The molecule has 0 aromatic heterocycles. The number of amides is 2. The van der Waals surface area contributed by atoms with E-state index in [0.29, 0.717) is 5.75 Å². The predicted octanol–water partition coefficient (Wildman–Crippen LogP) is 1.80. The van der Waals surface area contributed by atoms with Crippen LogP contribution in [0.2, 0.25) is 0 Å². The van der Waals surface area contributed by atoms with Gasteiger partial charge in [-0.1, -0.05) is 17.7 Å². The number of aryl methyl sites for hydroxylation is 2. The molecule has 1 aromatic carbocycles. The number of benzene rings is 1. The van der Waals surface area contributed by atoms with Gasteiger partial charge in [-0.15, -0.1) is 11.8 Å². The van der Waals surface area contributed by atoms with Crippen molar-refractivity contribution in [1.29, 1.82) is 0 Å². The fourth-order valence-electron chi connectivity index (χ4n) is 2.44. The van der Waals surface area contributed by atoms with Crippen molar-refractivity contribution >= 4 is 35.2 Å². The Morgan fingerprint density at radius 1 is 1.38 bits per heavy atom. The Labute approximate surface area is 145 Å². The summed E-state index contributed by atoms with van der Waals surface area (Å²) in [5, 5.41) is 4.96. The lowest BCUT2D eigenvalue weighted by atomic mass is 10.1. The van der Waals surface area contributed by atoms with Crippen LogP contribution in [0.4, 0.5) is 5.69 Å². The summed E-state index contributed by atoms with van der Waals surface area (Å²) in [7, 11) is 0. The molecule has 7 heteroatoms. The molecule has 0 unspecified atom stereocenters. The second-order valence-electron chi connectivity index (χ2n) is 5.71. The first-order valence-electron chi connectivity index (χ1n) is 7.86. The van der Waals surface area contributed by atoms with Crippen LogP contribution in [-0.4, -0.2) is 41.4 Å². The molecule has 0 bridgehead atoms. The molecule has 0 spiro atoms. The van der Waals surface area contributed by atoms with Gasteiger partial charge in [0.2, 0.25) is 11.8 Å². The number of carbonyl (C=O) groups is 3. The number of carbonyl (C=O) groups excluding carboxylic acids is 3. The van der Waals surface area contributed by atoms with Gasteiger partial charge in [-0.3, -0.25) is 9.59 Å². The third kappa shape index (κ3) is 4.74. The van der Waals surface area contributed by atoms with E-state index in [1.165, 1.54) is 11.8 Å². The number of nitrogens with one attached hydrogen (secondary N) is 2. The van der Waals surface area contributed by atoms with E-state index in [-0.39, 0.29) is 24.8 Å². The molecule has 0 saturated carbocycles. The highest BCUT2D eigenvalue weighted by Gasteiger charge is 2.34. The molecule has 1 aromatic rings. The lowest BCUT2D eigenvalue weighted by Crippen LogP contribution is -2.51. The molecule has 0 aliphatic carbocycles. The van der Waals surface area contributed by atoms with Crippen LogP contribution in [0.3, 0.4) is 0 Å². The zero-order valence-corrected chi connectivity index (χ0v) is 14.9. The second-order valence-corrected chi connectivity index (χ2v) is 6.94. The molecule has 2 atom stereocenters. The first kappa shape index (κ1) is 18.3. The average molecular weight is 350 g/mol. The molecule has 1 saturated heterocycles. The van der Waals surface area contributed by atoms with E-state index < -0.39 is 17.3 Å². The van der Waals surface area contributed by atoms with E-state index in [9.17, 15) is 14.4 Å². The van der Waals surface area contributed by atoms with Gasteiger partial charge in [0.15, 0.2) is 0 Å². The molecular weight excluding hydrogens is 328 g/mol. The highest BCUT2D eigenvalue weighted by atomic mass is 32.2.